The molecule has 3 aromatic rings. The molecule has 0 aliphatic rings. The van der Waals surface area contributed by atoms with Crippen molar-refractivity contribution in [2.24, 2.45) is 0 Å². The zero-order chi connectivity index (χ0) is 18.5. The van der Waals surface area contributed by atoms with Gasteiger partial charge < -0.3 is 14.8 Å². The van der Waals surface area contributed by atoms with Gasteiger partial charge in [-0.15, -0.1) is 0 Å². The van der Waals surface area contributed by atoms with Crippen LogP contribution in [-0.4, -0.2) is 45.8 Å². The van der Waals surface area contributed by atoms with E-state index in [1.165, 1.54) is 18.1 Å². The molecule has 0 atom stereocenters. The first kappa shape index (κ1) is 17.9. The van der Waals surface area contributed by atoms with Gasteiger partial charge >= 0.3 is 0 Å². The molecule has 3 rings (SSSR count). The average Bonchev–Trinajstić information content (AvgIpc) is 2.65. The monoisotopic (exact) mass is 371 g/mol. The fourth-order valence-electron chi connectivity index (χ4n) is 2.27. The minimum Gasteiger partial charge on any atom is -0.493 e. The molecule has 0 aliphatic heterocycles. The van der Waals surface area contributed by atoms with E-state index >= 15 is 0 Å². The molecule has 0 saturated heterocycles. The van der Waals surface area contributed by atoms with Gasteiger partial charge in [0, 0.05) is 18.0 Å². The van der Waals surface area contributed by atoms with Crippen molar-refractivity contribution in [2.75, 3.05) is 25.3 Å². The number of methoxy groups -OCH3 is 2. The summed E-state index contributed by atoms with van der Waals surface area (Å²) in [7, 11) is 3.10. The molecule has 26 heavy (non-hydrogen) atoms. The number of hydrogen-bond acceptors (Lipinski definition) is 8. The molecule has 0 unspecified atom stereocenters. The normalized spacial score (nSPS) is 10.6. The smallest absolute Gasteiger partial charge is 0.234 e. The third-order valence-corrected chi connectivity index (χ3v) is 4.49. The molecule has 0 radical (unpaired) electrons. The van der Waals surface area contributed by atoms with Gasteiger partial charge in [-0.25, -0.2) is 19.9 Å². The summed E-state index contributed by atoms with van der Waals surface area (Å²) in [6, 6.07) is 5.19. The summed E-state index contributed by atoms with van der Waals surface area (Å²) in [5.74, 6) is 1.81. The summed E-state index contributed by atoms with van der Waals surface area (Å²) in [6.07, 6.45) is 3.11. The van der Waals surface area contributed by atoms with E-state index in [9.17, 15) is 4.79 Å². The van der Waals surface area contributed by atoms with Gasteiger partial charge in [-0.1, -0.05) is 11.8 Å². The van der Waals surface area contributed by atoms with Crippen LogP contribution in [0.25, 0.3) is 11.0 Å². The van der Waals surface area contributed by atoms with Crippen LogP contribution in [0.2, 0.25) is 0 Å². The van der Waals surface area contributed by atoms with Crippen LogP contribution >= 0.6 is 11.8 Å². The van der Waals surface area contributed by atoms with E-state index < -0.39 is 0 Å². The van der Waals surface area contributed by atoms with Crippen LogP contribution in [-0.2, 0) is 4.79 Å². The van der Waals surface area contributed by atoms with Crippen molar-refractivity contribution in [3.8, 4) is 11.5 Å². The largest absolute Gasteiger partial charge is 0.493 e. The van der Waals surface area contributed by atoms with Gasteiger partial charge in [0.25, 0.3) is 0 Å². The number of amides is 1. The summed E-state index contributed by atoms with van der Waals surface area (Å²) < 4.78 is 10.4. The third kappa shape index (κ3) is 3.99. The standard InChI is InChI=1S/C17H17N5O3S/c1-10-18-7-12-16(21-10)19-9-20-17(12)26-8-15(23)22-11-4-5-13(24-2)14(6-11)25-3/h4-7,9H,8H2,1-3H3,(H,22,23). The highest BCUT2D eigenvalue weighted by atomic mass is 32.2. The lowest BCUT2D eigenvalue weighted by atomic mass is 10.2. The second-order valence-electron chi connectivity index (χ2n) is 5.24. The number of thioether (sulfide) groups is 1. The predicted molar refractivity (Wildman–Crippen MR) is 98.8 cm³/mol. The number of ether oxygens (including phenoxy) is 2. The van der Waals surface area contributed by atoms with Gasteiger partial charge in [0.1, 0.15) is 17.2 Å². The molecular weight excluding hydrogens is 354 g/mol. The van der Waals surface area contributed by atoms with Crippen LogP contribution in [0.1, 0.15) is 5.82 Å². The number of nitrogens with one attached hydrogen (secondary N) is 1. The molecule has 2 heterocycles. The maximum absolute atomic E-state index is 12.3. The van der Waals surface area contributed by atoms with E-state index in [2.05, 4.69) is 25.3 Å². The SMILES string of the molecule is COc1ccc(NC(=O)CSc2ncnc3nc(C)ncc23)cc1OC. The van der Waals surface area contributed by atoms with Crippen LogP contribution in [0.3, 0.4) is 0 Å². The third-order valence-electron chi connectivity index (χ3n) is 3.48. The molecule has 8 nitrogen and oxygen atoms in total. The van der Waals surface area contributed by atoms with Gasteiger partial charge in [-0.05, 0) is 19.1 Å². The lowest BCUT2D eigenvalue weighted by Crippen LogP contribution is -2.14. The van der Waals surface area contributed by atoms with Gasteiger partial charge in [0.05, 0.1) is 25.4 Å². The van der Waals surface area contributed by atoms with Gasteiger partial charge in [0.2, 0.25) is 5.91 Å². The van der Waals surface area contributed by atoms with Crippen LogP contribution in [0.5, 0.6) is 11.5 Å². The molecule has 1 N–H and O–H groups in total. The number of anilines is 1. The van der Waals surface area contributed by atoms with E-state index in [0.29, 0.717) is 33.7 Å². The minimum absolute atomic E-state index is 0.165. The van der Waals surface area contributed by atoms with Gasteiger partial charge in [-0.3, -0.25) is 4.79 Å². The number of benzene rings is 1. The van der Waals surface area contributed by atoms with Crippen LogP contribution in [0.15, 0.2) is 35.7 Å². The minimum atomic E-state index is -0.165. The molecule has 1 aromatic carbocycles. The highest BCUT2D eigenvalue weighted by molar-refractivity contribution is 8.00. The molecule has 1 amide bonds. The van der Waals surface area contributed by atoms with Crippen molar-refractivity contribution in [2.45, 2.75) is 11.9 Å². The molecule has 2 aromatic heterocycles. The molecular formula is C17H17N5O3S. The van der Waals surface area contributed by atoms with E-state index in [1.807, 2.05) is 0 Å². The fraction of sp³-hybridized carbons (Fsp3) is 0.235. The number of hydrogen-bond donors (Lipinski definition) is 1. The lowest BCUT2D eigenvalue weighted by molar-refractivity contribution is -0.113. The number of aromatic nitrogens is 4. The van der Waals surface area contributed by atoms with Gasteiger partial charge in [-0.2, -0.15) is 0 Å². The van der Waals surface area contributed by atoms with Crippen LogP contribution in [0, 0.1) is 6.92 Å². The van der Waals surface area contributed by atoms with Crippen LogP contribution < -0.4 is 14.8 Å². The second kappa shape index (κ2) is 7.96. The summed E-state index contributed by atoms with van der Waals surface area (Å²) in [4.78, 5) is 29.0. The van der Waals surface area contributed by atoms with E-state index in [1.54, 1.807) is 45.5 Å². The van der Waals surface area contributed by atoms with Crippen molar-refractivity contribution in [1.29, 1.82) is 0 Å². The molecule has 0 saturated carbocycles. The van der Waals surface area contributed by atoms with Crippen molar-refractivity contribution >= 4 is 34.4 Å². The Balaban J connectivity index is 1.68. The van der Waals surface area contributed by atoms with E-state index in [4.69, 9.17) is 9.47 Å². The fourth-order valence-corrected chi connectivity index (χ4v) is 3.03. The Morgan fingerprint density at radius 2 is 1.96 bits per heavy atom. The van der Waals surface area contributed by atoms with Gasteiger partial charge in [0.15, 0.2) is 17.1 Å². The zero-order valence-electron chi connectivity index (χ0n) is 14.5. The Kier molecular flexibility index (Phi) is 5.47. The Hall–Kier alpha value is -2.94. The van der Waals surface area contributed by atoms with Crippen molar-refractivity contribution in [3.63, 3.8) is 0 Å². The summed E-state index contributed by atoms with van der Waals surface area (Å²) >= 11 is 1.30. The quantitative estimate of drug-likeness (QED) is 0.521. The zero-order valence-corrected chi connectivity index (χ0v) is 15.3. The second-order valence-corrected chi connectivity index (χ2v) is 6.20. The Morgan fingerprint density at radius 3 is 2.73 bits per heavy atom. The average molecular weight is 371 g/mol. The van der Waals surface area contributed by atoms with Crippen LogP contribution in [0.4, 0.5) is 5.69 Å². The Labute approximate surface area is 154 Å². The molecule has 0 aliphatic carbocycles. The molecule has 9 heteroatoms. The first-order valence-electron chi connectivity index (χ1n) is 7.69. The lowest BCUT2D eigenvalue weighted by Gasteiger charge is -2.10. The maximum Gasteiger partial charge on any atom is 0.234 e. The van der Waals surface area contributed by atoms with Crippen molar-refractivity contribution < 1.29 is 14.3 Å². The summed E-state index contributed by atoms with van der Waals surface area (Å²) in [5, 5.41) is 4.21. The van der Waals surface area contributed by atoms with E-state index in [-0.39, 0.29) is 11.7 Å². The number of fused-ring (bicyclic) bond motifs is 1. The summed E-state index contributed by atoms with van der Waals surface area (Å²) in [5.41, 5.74) is 1.19. The van der Waals surface area contributed by atoms with Crippen molar-refractivity contribution in [1.82, 2.24) is 19.9 Å². The molecule has 0 spiro atoms. The number of aryl methyl sites for hydroxylation is 1. The number of carbonyl (C=O) groups is 1. The summed E-state index contributed by atoms with van der Waals surface area (Å²) in [6.45, 7) is 1.80. The Bertz CT molecular complexity index is 951. The van der Waals surface area contributed by atoms with E-state index in [0.717, 1.165) is 5.39 Å². The number of nitrogens with zero attached hydrogens (tertiary/aromatic N) is 4. The highest BCUT2D eigenvalue weighted by Crippen LogP contribution is 2.30. The molecule has 0 bridgehead atoms. The first-order chi connectivity index (χ1) is 12.6. The molecule has 0 fully saturated rings. The topological polar surface area (TPSA) is 99.1 Å². The predicted octanol–water partition coefficient (Wildman–Crippen LogP) is 2.48. The number of carbonyl (C=O) groups excluding carboxylic acids is 1. The molecule has 134 valence electrons. The van der Waals surface area contributed by atoms with Crippen molar-refractivity contribution in [3.05, 3.63) is 36.5 Å². The maximum atomic E-state index is 12.3. The highest BCUT2D eigenvalue weighted by Gasteiger charge is 2.11. The number of rotatable bonds is 6. The Morgan fingerprint density at radius 1 is 1.15 bits per heavy atom. The first-order valence-corrected chi connectivity index (χ1v) is 8.68.